The topological polar surface area (TPSA) is 33.0 Å². The van der Waals surface area contributed by atoms with Gasteiger partial charge in [-0.3, -0.25) is 0 Å². The Labute approximate surface area is 141 Å². The van der Waals surface area contributed by atoms with Crippen molar-refractivity contribution in [1.29, 1.82) is 5.26 Å². The average molecular weight is 343 g/mol. The van der Waals surface area contributed by atoms with Gasteiger partial charge in [0.15, 0.2) is 13.9 Å². The lowest BCUT2D eigenvalue weighted by Gasteiger charge is -2.34. The molecule has 0 radical (unpaired) electrons. The van der Waals surface area contributed by atoms with Crippen LogP contribution in [0.25, 0.3) is 0 Å². The number of nitrogens with zero attached hydrogens (tertiary/aromatic N) is 1. The lowest BCUT2D eigenvalue weighted by molar-refractivity contribution is 0.116. The third kappa shape index (κ3) is 3.20. The second kappa shape index (κ2) is 5.79. The zero-order chi connectivity index (χ0) is 16.7. The molecule has 0 amide bonds. The molecular weight excluding hydrogens is 325 g/mol. The number of hydrogen-bond acceptors (Lipinski definition) is 3. The maximum Gasteiger partial charge on any atom is 0.186 e. The molecule has 1 atom stereocenters. The van der Waals surface area contributed by atoms with E-state index in [1.54, 1.807) is 17.8 Å². The lowest BCUT2D eigenvalue weighted by atomic mass is 9.88. The number of rotatable bonds is 2. The maximum absolute atomic E-state index is 13.9. The first kappa shape index (κ1) is 16.3. The van der Waals surface area contributed by atoms with E-state index in [0.29, 0.717) is 12.0 Å². The van der Waals surface area contributed by atoms with Gasteiger partial charge in [-0.2, -0.15) is 5.26 Å². The van der Waals surface area contributed by atoms with Gasteiger partial charge in [-0.1, -0.05) is 30.0 Å². The van der Waals surface area contributed by atoms with Crippen molar-refractivity contribution in [2.45, 2.75) is 41.5 Å². The summed E-state index contributed by atoms with van der Waals surface area (Å²) in [5.74, 6) is -0.339. The molecule has 23 heavy (non-hydrogen) atoms. The fraction of sp³-hybridized carbons (Fsp3) is 0.278. The fourth-order valence-corrected chi connectivity index (χ4v) is 5.27. The van der Waals surface area contributed by atoms with Crippen LogP contribution in [0.2, 0.25) is 19.6 Å². The molecular formula is C18H18FNOSSi. The summed E-state index contributed by atoms with van der Waals surface area (Å²) >= 11 is 1.57. The van der Waals surface area contributed by atoms with Gasteiger partial charge in [0.2, 0.25) is 0 Å². The summed E-state index contributed by atoms with van der Waals surface area (Å²) in [6.45, 7) is 6.15. The smallest absolute Gasteiger partial charge is 0.186 e. The van der Waals surface area contributed by atoms with Crippen LogP contribution in [0, 0.1) is 17.1 Å². The normalized spacial score (nSPS) is 20.1. The molecule has 1 aliphatic rings. The molecule has 1 unspecified atom stereocenters. The Hall–Kier alpha value is -1.61. The lowest BCUT2D eigenvalue weighted by Crippen LogP contribution is -2.41. The fourth-order valence-electron chi connectivity index (χ4n) is 2.87. The molecule has 2 aromatic carbocycles. The molecule has 5 heteroatoms. The van der Waals surface area contributed by atoms with Crippen LogP contribution in [-0.4, -0.2) is 8.32 Å². The summed E-state index contributed by atoms with van der Waals surface area (Å²) in [5, 5.41) is 10.0. The van der Waals surface area contributed by atoms with E-state index in [4.69, 9.17) is 4.43 Å². The van der Waals surface area contributed by atoms with Crippen molar-refractivity contribution in [1.82, 2.24) is 0 Å². The monoisotopic (exact) mass is 343 g/mol. The number of fused-ring (bicyclic) bond motifs is 2. The van der Waals surface area contributed by atoms with Crippen LogP contribution in [0.4, 0.5) is 4.39 Å². The van der Waals surface area contributed by atoms with Crippen LogP contribution < -0.4 is 0 Å². The minimum atomic E-state index is -2.02. The number of halogens is 1. The molecule has 0 spiro atoms. The molecule has 0 saturated carbocycles. The standard InChI is InChI=1S/C18H18FNOSSi/c1-23(2,3)21-18(12-20)11-13-6-4-5-7-16(13)22-17-9-8-14(19)10-15(17)18/h4-10H,11H2,1-3H3. The molecule has 1 heterocycles. The van der Waals surface area contributed by atoms with Crippen molar-refractivity contribution in [3.63, 3.8) is 0 Å². The zero-order valence-electron chi connectivity index (χ0n) is 13.4. The summed E-state index contributed by atoms with van der Waals surface area (Å²) < 4.78 is 20.2. The molecule has 0 bridgehead atoms. The van der Waals surface area contributed by atoms with Gasteiger partial charge < -0.3 is 4.43 Å². The Morgan fingerprint density at radius 1 is 1.17 bits per heavy atom. The quantitative estimate of drug-likeness (QED) is 0.711. The van der Waals surface area contributed by atoms with Crippen LogP contribution >= 0.6 is 11.8 Å². The van der Waals surface area contributed by atoms with E-state index in [9.17, 15) is 9.65 Å². The van der Waals surface area contributed by atoms with Crippen molar-refractivity contribution in [2.75, 3.05) is 0 Å². The van der Waals surface area contributed by atoms with Crippen LogP contribution in [-0.2, 0) is 16.4 Å². The third-order valence-corrected chi connectivity index (χ3v) is 5.82. The van der Waals surface area contributed by atoms with E-state index >= 15 is 0 Å². The summed E-state index contributed by atoms with van der Waals surface area (Å²) in [4.78, 5) is 1.98. The molecule has 1 aliphatic heterocycles. The summed E-state index contributed by atoms with van der Waals surface area (Å²) in [5.41, 5.74) is 0.569. The Balaban J connectivity index is 2.25. The molecule has 2 nitrogen and oxygen atoms in total. The van der Waals surface area contributed by atoms with Crippen molar-refractivity contribution >= 4 is 20.1 Å². The van der Waals surface area contributed by atoms with Gasteiger partial charge in [-0.25, -0.2) is 4.39 Å². The molecule has 0 aliphatic carbocycles. The van der Waals surface area contributed by atoms with Crippen molar-refractivity contribution in [3.8, 4) is 6.07 Å². The molecule has 2 aromatic rings. The first-order valence-electron chi connectivity index (χ1n) is 7.50. The van der Waals surface area contributed by atoms with Gasteiger partial charge in [0, 0.05) is 21.8 Å². The van der Waals surface area contributed by atoms with Gasteiger partial charge in [0.25, 0.3) is 0 Å². The SMILES string of the molecule is C[Si](C)(C)OC1(C#N)Cc2ccccc2Sc2ccc(F)cc21. The van der Waals surface area contributed by atoms with Crippen molar-refractivity contribution in [2.24, 2.45) is 0 Å². The second-order valence-electron chi connectivity index (χ2n) is 6.68. The maximum atomic E-state index is 13.9. The predicted molar refractivity (Wildman–Crippen MR) is 92.4 cm³/mol. The summed E-state index contributed by atoms with van der Waals surface area (Å²) in [7, 11) is -2.02. The molecule has 0 N–H and O–H groups in total. The van der Waals surface area contributed by atoms with Crippen LogP contribution in [0.5, 0.6) is 0 Å². The van der Waals surface area contributed by atoms with Gasteiger partial charge in [0.1, 0.15) is 11.9 Å². The van der Waals surface area contributed by atoms with Crippen LogP contribution in [0.1, 0.15) is 11.1 Å². The predicted octanol–water partition coefficient (Wildman–Crippen LogP) is 5.10. The molecule has 0 saturated heterocycles. The Morgan fingerprint density at radius 3 is 2.61 bits per heavy atom. The first-order valence-corrected chi connectivity index (χ1v) is 11.7. The highest BCUT2D eigenvalue weighted by Crippen LogP contribution is 2.46. The number of hydrogen-bond donors (Lipinski definition) is 0. The Bertz CT molecular complexity index is 796. The minimum absolute atomic E-state index is 0.339. The van der Waals surface area contributed by atoms with Gasteiger partial charge in [0.05, 0.1) is 0 Å². The minimum Gasteiger partial charge on any atom is -0.396 e. The van der Waals surface area contributed by atoms with Crippen molar-refractivity contribution in [3.05, 3.63) is 59.4 Å². The third-order valence-electron chi connectivity index (χ3n) is 3.67. The van der Waals surface area contributed by atoms with Crippen LogP contribution in [0.15, 0.2) is 52.3 Å². The average Bonchev–Trinajstić information content (AvgIpc) is 2.61. The van der Waals surface area contributed by atoms with Gasteiger partial charge >= 0.3 is 0 Å². The second-order valence-corrected chi connectivity index (χ2v) is 12.2. The van der Waals surface area contributed by atoms with E-state index in [2.05, 4.69) is 25.7 Å². The number of nitriles is 1. The highest BCUT2D eigenvalue weighted by Gasteiger charge is 2.42. The Kier molecular flexibility index (Phi) is 4.09. The first-order chi connectivity index (χ1) is 10.8. The summed E-state index contributed by atoms with van der Waals surface area (Å²) in [6.07, 6.45) is 0.438. The molecule has 118 valence electrons. The largest absolute Gasteiger partial charge is 0.396 e. The highest BCUT2D eigenvalue weighted by molar-refractivity contribution is 7.99. The van der Waals surface area contributed by atoms with E-state index < -0.39 is 13.9 Å². The molecule has 0 fully saturated rings. The van der Waals surface area contributed by atoms with E-state index in [1.807, 2.05) is 24.3 Å². The number of benzene rings is 2. The van der Waals surface area contributed by atoms with E-state index in [-0.39, 0.29) is 5.82 Å². The Morgan fingerprint density at radius 2 is 1.91 bits per heavy atom. The highest BCUT2D eigenvalue weighted by atomic mass is 32.2. The molecule has 3 rings (SSSR count). The molecule has 0 aromatic heterocycles. The van der Waals surface area contributed by atoms with E-state index in [1.165, 1.54) is 12.1 Å². The van der Waals surface area contributed by atoms with E-state index in [0.717, 1.165) is 15.4 Å². The summed E-state index contributed by atoms with van der Waals surface area (Å²) in [6, 6.07) is 15.0. The zero-order valence-corrected chi connectivity index (χ0v) is 15.2. The van der Waals surface area contributed by atoms with Crippen LogP contribution in [0.3, 0.4) is 0 Å². The van der Waals surface area contributed by atoms with Gasteiger partial charge in [-0.05, 0) is 49.5 Å². The van der Waals surface area contributed by atoms with Gasteiger partial charge in [-0.15, -0.1) is 0 Å². The van der Waals surface area contributed by atoms with Crippen molar-refractivity contribution < 1.29 is 8.82 Å².